The van der Waals surface area contributed by atoms with Gasteiger partial charge in [0.1, 0.15) is 17.5 Å². The lowest BCUT2D eigenvalue weighted by Crippen LogP contribution is -2.54. The Kier molecular flexibility index (Phi) is 16.2. The lowest BCUT2D eigenvalue weighted by molar-refractivity contribution is -0.129. The summed E-state index contributed by atoms with van der Waals surface area (Å²) in [6.45, 7) is 6.74. The van der Waals surface area contributed by atoms with E-state index in [0.717, 1.165) is 29.4 Å². The van der Waals surface area contributed by atoms with E-state index in [9.17, 15) is 33.6 Å². The van der Waals surface area contributed by atoms with Crippen LogP contribution in [0.1, 0.15) is 59.0 Å². The fraction of sp³-hybridized carbons (Fsp3) is 0.367. The normalized spacial score (nSPS) is 15.6. The number of hydrogen-bond acceptors (Lipinski definition) is 10. The van der Waals surface area contributed by atoms with Gasteiger partial charge in [0.25, 0.3) is 11.8 Å². The molecule has 9 N–H and O–H groups in total. The lowest BCUT2D eigenvalue weighted by Gasteiger charge is -2.31. The van der Waals surface area contributed by atoms with Crippen LogP contribution in [0.15, 0.2) is 78.9 Å². The SMILES string of the molecule is CNC(=O)CN[C@H](C(=O)N[C@@H](CCCNC(N)=O)C(=O)Nc1ccc(C(=O)Nc2ccc3[nH]c(C(=O)N4C[C@@H](CBr)c5c4cc(OC(=O)N4CCN(C)CC4)c4ccccc54)cc3c2)cc1)C(C)C. The first-order valence-corrected chi connectivity index (χ1v) is 24.0. The van der Waals surface area contributed by atoms with Crippen molar-refractivity contribution in [3.8, 4) is 5.75 Å². The van der Waals surface area contributed by atoms with Crippen LogP contribution < -0.4 is 47.3 Å². The van der Waals surface area contributed by atoms with Crippen LogP contribution in [0.3, 0.4) is 0 Å². The minimum Gasteiger partial charge on any atom is -0.409 e. The molecular formula is C49H58BrN11O8. The Balaban J connectivity index is 1.02. The number of H-pyrrole nitrogens is 1. The Bertz CT molecular complexity index is 2740. The molecule has 3 heterocycles. The van der Waals surface area contributed by atoms with E-state index >= 15 is 0 Å². The number of primary amides is 1. The minimum atomic E-state index is -1.01. The molecule has 364 valence electrons. The second-order valence-electron chi connectivity index (χ2n) is 17.6. The van der Waals surface area contributed by atoms with Gasteiger partial charge in [0, 0.05) is 96.9 Å². The summed E-state index contributed by atoms with van der Waals surface area (Å²) in [6.07, 6.45) is 0.0634. The van der Waals surface area contributed by atoms with Gasteiger partial charge in [-0.1, -0.05) is 54.0 Å². The summed E-state index contributed by atoms with van der Waals surface area (Å²) in [6, 6.07) is 20.3. The molecule has 4 aromatic carbocycles. The molecule has 69 heavy (non-hydrogen) atoms. The zero-order chi connectivity index (χ0) is 49.4. The number of halogens is 1. The lowest BCUT2D eigenvalue weighted by atomic mass is 9.95. The largest absolute Gasteiger partial charge is 0.415 e. The second kappa shape index (κ2) is 22.4. The number of fused-ring (bicyclic) bond motifs is 4. The Morgan fingerprint density at radius 2 is 1.58 bits per heavy atom. The predicted molar refractivity (Wildman–Crippen MR) is 268 cm³/mol. The van der Waals surface area contributed by atoms with E-state index in [2.05, 4.69) is 57.7 Å². The van der Waals surface area contributed by atoms with Gasteiger partial charge in [-0.25, -0.2) is 9.59 Å². The van der Waals surface area contributed by atoms with E-state index in [4.69, 9.17) is 10.5 Å². The number of hydrogen-bond donors (Lipinski definition) is 8. The number of carbonyl (C=O) groups is 7. The Hall–Kier alpha value is -7.03. The maximum atomic E-state index is 14.4. The number of anilines is 3. The topological polar surface area (TPSA) is 252 Å². The van der Waals surface area contributed by atoms with Crippen molar-refractivity contribution in [3.05, 3.63) is 95.7 Å². The van der Waals surface area contributed by atoms with Crippen LogP contribution in [0, 0.1) is 5.92 Å². The van der Waals surface area contributed by atoms with E-state index in [1.54, 1.807) is 64.4 Å². The van der Waals surface area contributed by atoms with Gasteiger partial charge >= 0.3 is 12.1 Å². The molecular weight excluding hydrogens is 951 g/mol. The van der Waals surface area contributed by atoms with E-state index in [-0.39, 0.29) is 43.2 Å². The number of nitrogens with two attached hydrogens (primary N) is 1. The first-order chi connectivity index (χ1) is 33.1. The summed E-state index contributed by atoms with van der Waals surface area (Å²) >= 11 is 3.68. The smallest absolute Gasteiger partial charge is 0.409 e. The van der Waals surface area contributed by atoms with Crippen molar-refractivity contribution >= 4 is 96.3 Å². The van der Waals surface area contributed by atoms with Gasteiger partial charge in [0.15, 0.2) is 0 Å². The van der Waals surface area contributed by atoms with E-state index < -0.39 is 41.9 Å². The van der Waals surface area contributed by atoms with Crippen molar-refractivity contribution in [2.75, 3.05) is 80.8 Å². The minimum absolute atomic E-state index is 0.0192. The number of nitrogens with one attached hydrogen (secondary N) is 7. The molecule has 0 saturated carbocycles. The maximum absolute atomic E-state index is 14.4. The van der Waals surface area contributed by atoms with Gasteiger partial charge < -0.3 is 56.7 Å². The molecule has 2 aliphatic rings. The number of ether oxygens (including phenoxy) is 1. The molecule has 5 aromatic rings. The third-order valence-electron chi connectivity index (χ3n) is 12.4. The predicted octanol–water partition coefficient (Wildman–Crippen LogP) is 4.69. The average molecular weight is 1010 g/mol. The highest BCUT2D eigenvalue weighted by Gasteiger charge is 2.36. The number of nitrogens with zero attached hydrogens (tertiary/aromatic N) is 3. The molecule has 1 fully saturated rings. The fourth-order valence-corrected chi connectivity index (χ4v) is 9.07. The standard InChI is InChI=1S/C49H58BrN11O8/c1-28(2)43(54-26-41(62)52-3)46(65)58-37(10-7-17-53-48(51)67)45(64)55-32-13-11-29(12-14-32)44(63)56-33-15-16-36-30(22-33)23-38(57-36)47(66)61-27-31(25-50)42-35-9-6-5-8-34(35)40(24-39(42)61)69-49(68)60-20-18-59(4)19-21-60/h5-6,8-9,11-16,22-24,28,31,37,43,54,57H,7,10,17-21,25-27H2,1-4H3,(H,52,62)(H,55,64)(H,56,63)(H,58,65)(H3,51,53,67)/t31-,37+,43+/m1/s1. The van der Waals surface area contributed by atoms with Crippen molar-refractivity contribution in [2.45, 2.75) is 44.7 Å². The van der Waals surface area contributed by atoms with E-state index in [1.807, 2.05) is 45.2 Å². The molecule has 1 saturated heterocycles. The number of likely N-dealkylation sites (N-methyl/N-ethyl adjacent to an activating group) is 2. The number of amides is 8. The van der Waals surface area contributed by atoms with Crippen molar-refractivity contribution in [3.63, 3.8) is 0 Å². The number of carbonyl (C=O) groups excluding carboxylic acids is 7. The fourth-order valence-electron chi connectivity index (χ4n) is 8.54. The van der Waals surface area contributed by atoms with E-state index in [0.29, 0.717) is 76.4 Å². The molecule has 2 aliphatic heterocycles. The number of benzene rings is 4. The summed E-state index contributed by atoms with van der Waals surface area (Å²) in [5.41, 5.74) is 9.05. The van der Waals surface area contributed by atoms with Crippen LogP contribution >= 0.6 is 15.9 Å². The summed E-state index contributed by atoms with van der Waals surface area (Å²) in [7, 11) is 3.51. The van der Waals surface area contributed by atoms with Gasteiger partial charge in [-0.2, -0.15) is 0 Å². The molecule has 8 amide bonds. The molecule has 7 rings (SSSR count). The van der Waals surface area contributed by atoms with E-state index in [1.165, 1.54) is 7.05 Å². The number of urea groups is 1. The molecule has 3 atom stereocenters. The molecule has 1 aromatic heterocycles. The van der Waals surface area contributed by atoms with Gasteiger partial charge in [-0.15, -0.1) is 0 Å². The van der Waals surface area contributed by atoms with Gasteiger partial charge in [0.05, 0.1) is 18.3 Å². The molecule has 0 radical (unpaired) electrons. The van der Waals surface area contributed by atoms with Crippen LogP contribution in [-0.2, 0) is 14.4 Å². The van der Waals surface area contributed by atoms with Crippen molar-refractivity contribution in [2.24, 2.45) is 11.7 Å². The van der Waals surface area contributed by atoms with Gasteiger partial charge in [-0.05, 0) is 85.3 Å². The maximum Gasteiger partial charge on any atom is 0.415 e. The van der Waals surface area contributed by atoms with Crippen LogP contribution in [0.5, 0.6) is 5.75 Å². The van der Waals surface area contributed by atoms with Crippen molar-refractivity contribution in [1.82, 2.24) is 36.1 Å². The number of aromatic nitrogens is 1. The quantitative estimate of drug-likeness (QED) is 0.0471. The number of rotatable bonds is 17. The first kappa shape index (κ1) is 49.9. The Labute approximate surface area is 407 Å². The number of piperazine rings is 1. The highest BCUT2D eigenvalue weighted by molar-refractivity contribution is 9.09. The second-order valence-corrected chi connectivity index (χ2v) is 18.2. The average Bonchev–Trinajstić information content (AvgIpc) is 3.94. The van der Waals surface area contributed by atoms with Gasteiger partial charge in [0.2, 0.25) is 17.7 Å². The molecule has 0 spiro atoms. The number of aromatic amines is 1. The summed E-state index contributed by atoms with van der Waals surface area (Å²) in [5.74, 6) is -1.82. The summed E-state index contributed by atoms with van der Waals surface area (Å²) in [5, 5.41) is 19.4. The first-order valence-electron chi connectivity index (χ1n) is 22.9. The summed E-state index contributed by atoms with van der Waals surface area (Å²) in [4.78, 5) is 100. The van der Waals surface area contributed by atoms with Crippen LogP contribution in [-0.4, -0.2) is 134 Å². The molecule has 19 nitrogen and oxygen atoms in total. The van der Waals surface area contributed by atoms with Crippen molar-refractivity contribution < 1.29 is 38.3 Å². The molecule has 0 unspecified atom stereocenters. The molecule has 20 heteroatoms. The number of alkyl halides is 1. The zero-order valence-electron chi connectivity index (χ0n) is 38.9. The van der Waals surface area contributed by atoms with Crippen molar-refractivity contribution in [1.29, 1.82) is 0 Å². The van der Waals surface area contributed by atoms with Crippen LogP contribution in [0.4, 0.5) is 26.7 Å². The highest BCUT2D eigenvalue weighted by atomic mass is 79.9. The van der Waals surface area contributed by atoms with Crippen LogP contribution in [0.2, 0.25) is 0 Å². The van der Waals surface area contributed by atoms with Crippen LogP contribution in [0.25, 0.3) is 21.7 Å². The molecule has 0 aliphatic carbocycles. The third-order valence-corrected chi connectivity index (χ3v) is 13.1. The Morgan fingerprint density at radius 3 is 2.26 bits per heavy atom. The highest BCUT2D eigenvalue weighted by Crippen LogP contribution is 2.46. The molecule has 0 bridgehead atoms. The zero-order valence-corrected chi connectivity index (χ0v) is 40.5. The monoisotopic (exact) mass is 1010 g/mol. The Morgan fingerprint density at radius 1 is 0.870 bits per heavy atom. The third kappa shape index (κ3) is 12.0. The summed E-state index contributed by atoms with van der Waals surface area (Å²) < 4.78 is 6.07. The van der Waals surface area contributed by atoms with Gasteiger partial charge in [-0.3, -0.25) is 29.3 Å².